The predicted octanol–water partition coefficient (Wildman–Crippen LogP) is 2.41. The summed E-state index contributed by atoms with van der Waals surface area (Å²) in [5.74, 6) is 0.0179. The van der Waals surface area contributed by atoms with Crippen LogP contribution in [-0.4, -0.2) is 18.7 Å². The molecule has 0 saturated heterocycles. The van der Waals surface area contributed by atoms with Crippen LogP contribution in [0.25, 0.3) is 0 Å². The molecular formula is C17H16N2O2. The molecule has 0 aromatic heterocycles. The lowest BCUT2D eigenvalue weighted by Crippen LogP contribution is -2.31. The number of nitrogens with two attached hydrogens (primary N) is 1. The van der Waals surface area contributed by atoms with Crippen molar-refractivity contribution in [2.75, 3.05) is 17.7 Å². The van der Waals surface area contributed by atoms with Crippen LogP contribution in [0.1, 0.15) is 27.9 Å². The highest BCUT2D eigenvalue weighted by atomic mass is 16.2. The molecule has 1 amide bonds. The number of nitrogen functional groups attached to an aromatic ring is 1. The van der Waals surface area contributed by atoms with Crippen LogP contribution in [0.4, 0.5) is 11.4 Å². The number of hydrogen-bond acceptors (Lipinski definition) is 3. The summed E-state index contributed by atoms with van der Waals surface area (Å²) >= 11 is 0. The average molecular weight is 280 g/mol. The predicted molar refractivity (Wildman–Crippen MR) is 82.5 cm³/mol. The zero-order chi connectivity index (χ0) is 15.0. The van der Waals surface area contributed by atoms with Crippen LogP contribution >= 0.6 is 0 Å². The molecule has 21 heavy (non-hydrogen) atoms. The van der Waals surface area contributed by atoms with Crippen LogP contribution in [0.3, 0.4) is 0 Å². The van der Waals surface area contributed by atoms with Crippen LogP contribution in [-0.2, 0) is 11.2 Å². The second-order valence-corrected chi connectivity index (χ2v) is 5.21. The number of amides is 1. The number of carbonyl (C=O) groups is 2. The van der Waals surface area contributed by atoms with Gasteiger partial charge < -0.3 is 10.6 Å². The quantitative estimate of drug-likeness (QED) is 0.678. The van der Waals surface area contributed by atoms with Crippen LogP contribution in [0.5, 0.6) is 0 Å². The van der Waals surface area contributed by atoms with Crippen LogP contribution in [0, 0.1) is 0 Å². The van der Waals surface area contributed by atoms with Gasteiger partial charge in [0.1, 0.15) is 0 Å². The highest BCUT2D eigenvalue weighted by molar-refractivity contribution is 6.12. The average Bonchev–Trinajstić information content (AvgIpc) is 2.50. The number of benzene rings is 2. The Morgan fingerprint density at radius 2 is 1.90 bits per heavy atom. The monoisotopic (exact) mass is 280 g/mol. The van der Waals surface area contributed by atoms with E-state index in [0.29, 0.717) is 29.7 Å². The van der Waals surface area contributed by atoms with Gasteiger partial charge in [-0.2, -0.15) is 0 Å². The van der Waals surface area contributed by atoms with E-state index in [1.165, 1.54) is 0 Å². The van der Waals surface area contributed by atoms with Crippen molar-refractivity contribution in [1.82, 2.24) is 0 Å². The minimum Gasteiger partial charge on any atom is -0.398 e. The largest absolute Gasteiger partial charge is 0.398 e. The summed E-state index contributed by atoms with van der Waals surface area (Å²) in [7, 11) is 1.76. The molecule has 4 nitrogen and oxygen atoms in total. The lowest BCUT2D eigenvalue weighted by atomic mass is 9.95. The van der Waals surface area contributed by atoms with Gasteiger partial charge in [-0.15, -0.1) is 0 Å². The number of rotatable bonds is 2. The summed E-state index contributed by atoms with van der Waals surface area (Å²) < 4.78 is 0. The van der Waals surface area contributed by atoms with Gasteiger partial charge >= 0.3 is 0 Å². The maximum absolute atomic E-state index is 12.5. The first-order chi connectivity index (χ1) is 10.1. The first kappa shape index (κ1) is 13.4. The van der Waals surface area contributed by atoms with Crippen molar-refractivity contribution in [2.45, 2.75) is 12.8 Å². The van der Waals surface area contributed by atoms with E-state index in [1.54, 1.807) is 42.3 Å². The fourth-order valence-corrected chi connectivity index (χ4v) is 2.66. The highest BCUT2D eigenvalue weighted by Crippen LogP contribution is 2.28. The van der Waals surface area contributed by atoms with Crippen molar-refractivity contribution in [3.05, 3.63) is 59.2 Å². The van der Waals surface area contributed by atoms with Crippen LogP contribution in [0.2, 0.25) is 0 Å². The van der Waals surface area contributed by atoms with Crippen molar-refractivity contribution in [3.63, 3.8) is 0 Å². The second kappa shape index (κ2) is 5.05. The molecule has 4 heteroatoms. The summed E-state index contributed by atoms with van der Waals surface area (Å²) in [5, 5.41) is 0. The summed E-state index contributed by atoms with van der Waals surface area (Å²) in [6.07, 6.45) is 1.15. The molecular weight excluding hydrogens is 264 g/mol. The minimum absolute atomic E-state index is 0.0875. The van der Waals surface area contributed by atoms with Gasteiger partial charge in [-0.1, -0.05) is 12.1 Å². The number of aryl methyl sites for hydroxylation is 1. The van der Waals surface area contributed by atoms with E-state index in [4.69, 9.17) is 5.73 Å². The Kier molecular flexibility index (Phi) is 3.22. The number of para-hydroxylation sites is 1. The summed E-state index contributed by atoms with van der Waals surface area (Å²) in [6.45, 7) is 0. The Labute approximate surface area is 123 Å². The molecule has 1 aliphatic heterocycles. The van der Waals surface area contributed by atoms with E-state index in [-0.39, 0.29) is 11.7 Å². The summed E-state index contributed by atoms with van der Waals surface area (Å²) in [5.41, 5.74) is 9.36. The van der Waals surface area contributed by atoms with E-state index in [9.17, 15) is 9.59 Å². The zero-order valence-electron chi connectivity index (χ0n) is 11.8. The Hall–Kier alpha value is -2.62. The molecule has 0 unspecified atom stereocenters. The molecule has 0 atom stereocenters. The van der Waals surface area contributed by atoms with Gasteiger partial charge in [-0.25, -0.2) is 0 Å². The number of nitrogens with zero attached hydrogens (tertiary/aromatic N) is 1. The van der Waals surface area contributed by atoms with Crippen molar-refractivity contribution >= 4 is 23.1 Å². The zero-order valence-corrected chi connectivity index (χ0v) is 11.8. The lowest BCUT2D eigenvalue weighted by molar-refractivity contribution is -0.118. The molecule has 2 aromatic rings. The minimum atomic E-state index is -0.0875. The van der Waals surface area contributed by atoms with Gasteiger partial charge in [-0.05, 0) is 42.3 Å². The number of ketones is 1. The fraction of sp³-hybridized carbons (Fsp3) is 0.176. The summed E-state index contributed by atoms with van der Waals surface area (Å²) in [4.78, 5) is 25.9. The third kappa shape index (κ3) is 2.29. The van der Waals surface area contributed by atoms with Gasteiger partial charge in [0.2, 0.25) is 5.91 Å². The normalized spacial score (nSPS) is 14.0. The van der Waals surface area contributed by atoms with Crippen molar-refractivity contribution < 1.29 is 9.59 Å². The number of anilines is 2. The van der Waals surface area contributed by atoms with E-state index in [0.717, 1.165) is 11.3 Å². The molecule has 0 radical (unpaired) electrons. The molecule has 0 saturated carbocycles. The first-order valence-electron chi connectivity index (χ1n) is 6.86. The third-order valence-electron chi connectivity index (χ3n) is 3.89. The standard InChI is InChI=1S/C17H16N2O2/c1-19-15-8-6-12(10-11(15)7-9-16(19)20)17(21)13-4-2-3-5-14(13)18/h2-6,8,10H,7,9,18H2,1H3. The molecule has 1 heterocycles. The molecule has 0 bridgehead atoms. The Morgan fingerprint density at radius 3 is 2.67 bits per heavy atom. The molecule has 2 aromatic carbocycles. The van der Waals surface area contributed by atoms with Gasteiger partial charge in [0.15, 0.2) is 5.78 Å². The van der Waals surface area contributed by atoms with Crippen LogP contribution < -0.4 is 10.6 Å². The van der Waals surface area contributed by atoms with Gasteiger partial charge in [0, 0.05) is 36.0 Å². The molecule has 3 rings (SSSR count). The number of fused-ring (bicyclic) bond motifs is 1. The fourth-order valence-electron chi connectivity index (χ4n) is 2.66. The van der Waals surface area contributed by atoms with Gasteiger partial charge in [0.25, 0.3) is 0 Å². The maximum Gasteiger partial charge on any atom is 0.227 e. The Bertz CT molecular complexity index is 737. The van der Waals surface area contributed by atoms with E-state index in [1.807, 2.05) is 12.1 Å². The summed E-state index contributed by atoms with van der Waals surface area (Å²) in [6, 6.07) is 12.5. The van der Waals surface area contributed by atoms with E-state index >= 15 is 0 Å². The van der Waals surface area contributed by atoms with Crippen molar-refractivity contribution in [3.8, 4) is 0 Å². The molecule has 0 fully saturated rings. The SMILES string of the molecule is CN1C(=O)CCc2cc(C(=O)c3ccccc3N)ccc21. The maximum atomic E-state index is 12.5. The van der Waals surface area contributed by atoms with Gasteiger partial charge in [-0.3, -0.25) is 9.59 Å². The van der Waals surface area contributed by atoms with Crippen molar-refractivity contribution in [2.24, 2.45) is 0 Å². The second-order valence-electron chi connectivity index (χ2n) is 5.21. The highest BCUT2D eigenvalue weighted by Gasteiger charge is 2.22. The van der Waals surface area contributed by atoms with Crippen molar-refractivity contribution in [1.29, 1.82) is 0 Å². The topological polar surface area (TPSA) is 63.4 Å². The molecule has 2 N–H and O–H groups in total. The van der Waals surface area contributed by atoms with E-state index < -0.39 is 0 Å². The smallest absolute Gasteiger partial charge is 0.227 e. The number of carbonyl (C=O) groups excluding carboxylic acids is 2. The Morgan fingerprint density at radius 1 is 1.14 bits per heavy atom. The Balaban J connectivity index is 2.00. The van der Waals surface area contributed by atoms with E-state index in [2.05, 4.69) is 0 Å². The number of hydrogen-bond donors (Lipinski definition) is 1. The molecule has 0 spiro atoms. The van der Waals surface area contributed by atoms with Crippen LogP contribution in [0.15, 0.2) is 42.5 Å². The first-order valence-corrected chi connectivity index (χ1v) is 6.86. The van der Waals surface area contributed by atoms with Gasteiger partial charge in [0.05, 0.1) is 0 Å². The molecule has 1 aliphatic rings. The molecule has 0 aliphatic carbocycles. The third-order valence-corrected chi connectivity index (χ3v) is 3.89. The lowest BCUT2D eigenvalue weighted by Gasteiger charge is -2.26. The molecule has 106 valence electrons.